The topological polar surface area (TPSA) is 46.3 Å². The van der Waals surface area contributed by atoms with Gasteiger partial charge in [0.2, 0.25) is 5.91 Å². The van der Waals surface area contributed by atoms with Gasteiger partial charge in [-0.05, 0) is 24.3 Å². The Bertz CT molecular complexity index is 558. The van der Waals surface area contributed by atoms with Gasteiger partial charge in [-0.1, -0.05) is 18.1 Å². The van der Waals surface area contributed by atoms with Crippen LogP contribution < -0.4 is 0 Å². The van der Waals surface area contributed by atoms with Crippen molar-refractivity contribution in [2.24, 2.45) is 0 Å². The molecule has 1 saturated carbocycles. The van der Waals surface area contributed by atoms with E-state index in [-0.39, 0.29) is 5.91 Å². The molecule has 5 heteroatoms. The largest absolute Gasteiger partial charge is 0.355 e. The second kappa shape index (κ2) is 5.17. The van der Waals surface area contributed by atoms with Crippen LogP contribution in [0.3, 0.4) is 0 Å². The highest BCUT2D eigenvalue weighted by Gasteiger charge is 2.32. The fourth-order valence-corrected chi connectivity index (χ4v) is 2.78. The van der Waals surface area contributed by atoms with Crippen LogP contribution >= 0.6 is 11.3 Å². The summed E-state index contributed by atoms with van der Waals surface area (Å²) in [5.74, 6) is 0.980. The predicted molar refractivity (Wildman–Crippen MR) is 73.7 cm³/mol. The standard InChI is InChI=1S/C14H16N2O2S/c1-2-14(17)16(11-5-6-11)9-10-8-12(18-15-10)13-4-3-7-19-13/h3-4,7-8,11H,2,5-6,9H2,1H3. The minimum Gasteiger partial charge on any atom is -0.355 e. The van der Waals surface area contributed by atoms with Gasteiger partial charge >= 0.3 is 0 Å². The Labute approximate surface area is 116 Å². The minimum absolute atomic E-state index is 0.197. The molecule has 0 aromatic carbocycles. The Hall–Kier alpha value is -1.62. The third-order valence-electron chi connectivity index (χ3n) is 3.27. The van der Waals surface area contributed by atoms with Crippen molar-refractivity contribution in [3.8, 4) is 10.6 Å². The first kappa shape index (κ1) is 12.4. The zero-order valence-electron chi connectivity index (χ0n) is 10.8. The molecule has 19 heavy (non-hydrogen) atoms. The van der Waals surface area contributed by atoms with Gasteiger partial charge in [0.15, 0.2) is 5.76 Å². The zero-order chi connectivity index (χ0) is 13.2. The molecule has 1 fully saturated rings. The van der Waals surface area contributed by atoms with Crippen LogP contribution in [-0.2, 0) is 11.3 Å². The van der Waals surface area contributed by atoms with Crippen molar-refractivity contribution >= 4 is 17.2 Å². The molecule has 2 aromatic rings. The third kappa shape index (κ3) is 2.71. The lowest BCUT2D eigenvalue weighted by atomic mass is 10.3. The molecule has 0 atom stereocenters. The summed E-state index contributed by atoms with van der Waals surface area (Å²) in [7, 11) is 0. The summed E-state index contributed by atoms with van der Waals surface area (Å²) in [6.45, 7) is 2.46. The molecule has 100 valence electrons. The minimum atomic E-state index is 0.197. The number of rotatable bonds is 5. The van der Waals surface area contributed by atoms with Crippen LogP contribution in [-0.4, -0.2) is 22.0 Å². The highest BCUT2D eigenvalue weighted by atomic mass is 32.1. The Kier molecular flexibility index (Phi) is 3.38. The summed E-state index contributed by atoms with van der Waals surface area (Å²) in [6.07, 6.45) is 2.77. The molecule has 0 saturated heterocycles. The van der Waals surface area contributed by atoms with Gasteiger partial charge in [0.05, 0.1) is 11.4 Å². The van der Waals surface area contributed by atoms with Crippen LogP contribution in [0.5, 0.6) is 0 Å². The average Bonchev–Trinajstić information content (AvgIpc) is 2.94. The molecule has 4 nitrogen and oxygen atoms in total. The maximum absolute atomic E-state index is 11.9. The van der Waals surface area contributed by atoms with Crippen molar-refractivity contribution in [3.05, 3.63) is 29.3 Å². The van der Waals surface area contributed by atoms with E-state index in [2.05, 4.69) is 5.16 Å². The summed E-state index contributed by atoms with van der Waals surface area (Å²) in [6, 6.07) is 6.34. The first-order valence-corrected chi connectivity index (χ1v) is 7.45. The van der Waals surface area contributed by atoms with Gasteiger partial charge in [-0.3, -0.25) is 4.79 Å². The number of carbonyl (C=O) groups is 1. The van der Waals surface area contributed by atoms with Crippen molar-refractivity contribution in [3.63, 3.8) is 0 Å². The van der Waals surface area contributed by atoms with E-state index < -0.39 is 0 Å². The monoisotopic (exact) mass is 276 g/mol. The molecule has 2 heterocycles. The van der Waals surface area contributed by atoms with Gasteiger partial charge in [0, 0.05) is 18.5 Å². The van der Waals surface area contributed by atoms with E-state index in [0.29, 0.717) is 19.0 Å². The van der Waals surface area contributed by atoms with Crippen LogP contribution in [0.1, 0.15) is 31.9 Å². The maximum atomic E-state index is 11.9. The van der Waals surface area contributed by atoms with E-state index in [9.17, 15) is 4.79 Å². The van der Waals surface area contributed by atoms with Crippen LogP contribution in [0.2, 0.25) is 0 Å². The number of carbonyl (C=O) groups excluding carboxylic acids is 1. The van der Waals surface area contributed by atoms with E-state index in [0.717, 1.165) is 29.2 Å². The first-order chi connectivity index (χ1) is 9.28. The van der Waals surface area contributed by atoms with E-state index >= 15 is 0 Å². The van der Waals surface area contributed by atoms with Gasteiger partial charge in [-0.15, -0.1) is 11.3 Å². The van der Waals surface area contributed by atoms with Crippen molar-refractivity contribution in [1.82, 2.24) is 10.1 Å². The lowest BCUT2D eigenvalue weighted by Gasteiger charge is -2.20. The molecule has 0 N–H and O–H groups in total. The Morgan fingerprint density at radius 1 is 1.58 bits per heavy atom. The molecule has 1 aliphatic rings. The lowest BCUT2D eigenvalue weighted by molar-refractivity contribution is -0.132. The summed E-state index contributed by atoms with van der Waals surface area (Å²) >= 11 is 1.62. The van der Waals surface area contributed by atoms with Crippen molar-refractivity contribution < 1.29 is 9.32 Å². The Morgan fingerprint density at radius 3 is 3.05 bits per heavy atom. The fourth-order valence-electron chi connectivity index (χ4n) is 2.11. The second-order valence-electron chi connectivity index (χ2n) is 4.77. The molecule has 0 spiro atoms. The van der Waals surface area contributed by atoms with Gasteiger partial charge in [0.25, 0.3) is 0 Å². The average molecular weight is 276 g/mol. The van der Waals surface area contributed by atoms with Crippen molar-refractivity contribution in [1.29, 1.82) is 0 Å². The van der Waals surface area contributed by atoms with Gasteiger partial charge < -0.3 is 9.42 Å². The summed E-state index contributed by atoms with van der Waals surface area (Å²) in [4.78, 5) is 14.9. The van der Waals surface area contributed by atoms with Crippen LogP contribution in [0, 0.1) is 0 Å². The maximum Gasteiger partial charge on any atom is 0.222 e. The van der Waals surface area contributed by atoms with Gasteiger partial charge in [-0.2, -0.15) is 0 Å². The van der Waals surface area contributed by atoms with Crippen molar-refractivity contribution in [2.75, 3.05) is 0 Å². The van der Waals surface area contributed by atoms with E-state index in [4.69, 9.17) is 4.52 Å². The molecule has 0 radical (unpaired) electrons. The normalized spacial score (nSPS) is 14.6. The van der Waals surface area contributed by atoms with Gasteiger partial charge in [0.1, 0.15) is 5.69 Å². The number of thiophene rings is 1. The number of amides is 1. The Balaban J connectivity index is 1.74. The smallest absolute Gasteiger partial charge is 0.222 e. The number of aromatic nitrogens is 1. The quantitative estimate of drug-likeness (QED) is 0.841. The number of hydrogen-bond donors (Lipinski definition) is 0. The zero-order valence-corrected chi connectivity index (χ0v) is 11.7. The number of hydrogen-bond acceptors (Lipinski definition) is 4. The van der Waals surface area contributed by atoms with Crippen molar-refractivity contribution in [2.45, 2.75) is 38.8 Å². The Morgan fingerprint density at radius 2 is 2.42 bits per heavy atom. The fraction of sp³-hybridized carbons (Fsp3) is 0.429. The highest BCUT2D eigenvalue weighted by molar-refractivity contribution is 7.13. The lowest BCUT2D eigenvalue weighted by Crippen LogP contribution is -2.31. The molecule has 0 aliphatic heterocycles. The second-order valence-corrected chi connectivity index (χ2v) is 5.71. The SMILES string of the molecule is CCC(=O)N(Cc1cc(-c2cccs2)on1)C1CC1. The van der Waals surface area contributed by atoms with Gasteiger partial charge in [-0.25, -0.2) is 0 Å². The first-order valence-electron chi connectivity index (χ1n) is 6.57. The summed E-state index contributed by atoms with van der Waals surface area (Å²) < 4.78 is 5.35. The molecule has 0 unspecified atom stereocenters. The predicted octanol–water partition coefficient (Wildman–Crippen LogP) is 3.30. The summed E-state index contributed by atoms with van der Waals surface area (Å²) in [5, 5.41) is 6.09. The molecular weight excluding hydrogens is 260 g/mol. The summed E-state index contributed by atoms with van der Waals surface area (Å²) in [5.41, 5.74) is 0.831. The third-order valence-corrected chi connectivity index (χ3v) is 4.15. The molecular formula is C14H16N2O2S. The van der Waals surface area contributed by atoms with Crippen LogP contribution in [0.15, 0.2) is 28.1 Å². The molecule has 1 amide bonds. The molecule has 3 rings (SSSR count). The molecule has 1 aliphatic carbocycles. The highest BCUT2D eigenvalue weighted by Crippen LogP contribution is 2.30. The van der Waals surface area contributed by atoms with Crippen LogP contribution in [0.4, 0.5) is 0 Å². The van der Waals surface area contributed by atoms with E-state index in [1.165, 1.54) is 0 Å². The van der Waals surface area contributed by atoms with E-state index in [1.807, 2.05) is 35.4 Å². The van der Waals surface area contributed by atoms with Crippen LogP contribution in [0.25, 0.3) is 10.6 Å². The molecule has 2 aromatic heterocycles. The molecule has 0 bridgehead atoms. The van der Waals surface area contributed by atoms with E-state index in [1.54, 1.807) is 11.3 Å². The number of nitrogens with zero attached hydrogens (tertiary/aromatic N) is 2.